The summed E-state index contributed by atoms with van der Waals surface area (Å²) in [6, 6.07) is 23.8. The van der Waals surface area contributed by atoms with Crippen molar-refractivity contribution < 1.29 is 9.15 Å². The van der Waals surface area contributed by atoms with Crippen LogP contribution in [0.25, 0.3) is 33.2 Å². The summed E-state index contributed by atoms with van der Waals surface area (Å²) in [6.07, 6.45) is 2.47. The second-order valence-electron chi connectivity index (χ2n) is 7.37. The van der Waals surface area contributed by atoms with E-state index >= 15 is 0 Å². The fourth-order valence-electron chi connectivity index (χ4n) is 3.63. The molecule has 0 radical (unpaired) electrons. The second-order valence-corrected chi connectivity index (χ2v) is 7.37. The Bertz CT molecular complexity index is 1470. The van der Waals surface area contributed by atoms with Crippen LogP contribution >= 0.6 is 0 Å². The van der Waals surface area contributed by atoms with E-state index in [0.717, 1.165) is 50.7 Å². The molecule has 2 heterocycles. The molecule has 0 aliphatic carbocycles. The summed E-state index contributed by atoms with van der Waals surface area (Å²) in [6.45, 7) is 2.13. The van der Waals surface area contributed by atoms with Gasteiger partial charge in [0, 0.05) is 22.4 Å². The van der Waals surface area contributed by atoms with Crippen LogP contribution < -0.4 is 15.5 Å². The van der Waals surface area contributed by atoms with Crippen LogP contribution in [0.1, 0.15) is 12.5 Å². The van der Waals surface area contributed by atoms with Gasteiger partial charge in [0.2, 0.25) is 0 Å². The van der Waals surface area contributed by atoms with Gasteiger partial charge >= 0.3 is 0 Å². The van der Waals surface area contributed by atoms with Gasteiger partial charge in [-0.25, -0.2) is 9.97 Å². The number of ether oxygens (including phenoxy) is 1. The molecule has 0 atom stereocenters. The molecule has 6 nitrogen and oxygen atoms in total. The summed E-state index contributed by atoms with van der Waals surface area (Å²) < 4.78 is 11.5. The largest absolute Gasteiger partial charge is 0.497 e. The van der Waals surface area contributed by atoms with E-state index < -0.39 is 0 Å². The molecule has 5 rings (SSSR count). The van der Waals surface area contributed by atoms with Crippen LogP contribution in [-0.4, -0.2) is 17.1 Å². The van der Waals surface area contributed by atoms with Crippen LogP contribution in [0.3, 0.4) is 0 Å². The highest BCUT2D eigenvalue weighted by Crippen LogP contribution is 2.25. The highest BCUT2D eigenvalue weighted by Gasteiger charge is 2.08. The van der Waals surface area contributed by atoms with Gasteiger partial charge in [-0.15, -0.1) is 0 Å². The molecule has 0 amide bonds. The molecule has 0 saturated carbocycles. The van der Waals surface area contributed by atoms with Gasteiger partial charge in [0.05, 0.1) is 18.0 Å². The van der Waals surface area contributed by atoms with Crippen LogP contribution in [0.4, 0.5) is 5.82 Å². The maximum Gasteiger partial charge on any atom is 0.157 e. The number of para-hydroxylation sites is 1. The number of aryl methyl sites for hydroxylation is 1. The maximum atomic E-state index is 6.23. The van der Waals surface area contributed by atoms with Crippen LogP contribution in [0.15, 0.2) is 88.6 Å². The van der Waals surface area contributed by atoms with Gasteiger partial charge in [0.25, 0.3) is 0 Å². The van der Waals surface area contributed by atoms with Crippen molar-refractivity contribution in [3.8, 4) is 17.1 Å². The fraction of sp³-hybridized carbons (Fsp3) is 0.115. The first-order chi connectivity index (χ1) is 15.7. The number of hydrogen-bond acceptors (Lipinski definition) is 6. The Morgan fingerprint density at radius 2 is 1.78 bits per heavy atom. The molecule has 0 saturated heterocycles. The monoisotopic (exact) mass is 422 g/mol. The van der Waals surface area contributed by atoms with E-state index in [9.17, 15) is 0 Å². The smallest absolute Gasteiger partial charge is 0.157 e. The summed E-state index contributed by atoms with van der Waals surface area (Å²) >= 11 is 0. The van der Waals surface area contributed by atoms with Crippen molar-refractivity contribution in [1.29, 1.82) is 0 Å². The van der Waals surface area contributed by atoms with Gasteiger partial charge in [-0.05, 0) is 60.5 Å². The quantitative estimate of drug-likeness (QED) is 0.376. The van der Waals surface area contributed by atoms with E-state index in [1.165, 1.54) is 11.9 Å². The highest BCUT2D eigenvalue weighted by molar-refractivity contribution is 5.88. The number of fused-ring (bicyclic) bond motifs is 2. The molecule has 6 heteroatoms. The summed E-state index contributed by atoms with van der Waals surface area (Å²) in [4.78, 5) is 8.70. The second kappa shape index (κ2) is 8.51. The number of methoxy groups -OCH3 is 1. The number of anilines is 1. The molecule has 3 aromatic carbocycles. The maximum absolute atomic E-state index is 6.23. The van der Waals surface area contributed by atoms with E-state index in [-0.39, 0.29) is 0 Å². The first-order valence-electron chi connectivity index (χ1n) is 10.5. The van der Waals surface area contributed by atoms with Crippen LogP contribution in [0.2, 0.25) is 0 Å². The molecule has 0 aliphatic rings. The van der Waals surface area contributed by atoms with E-state index in [1.807, 2.05) is 60.7 Å². The Morgan fingerprint density at radius 3 is 2.59 bits per heavy atom. The molecule has 2 aromatic heterocycles. The van der Waals surface area contributed by atoms with Crippen molar-refractivity contribution in [1.82, 2.24) is 9.97 Å². The van der Waals surface area contributed by atoms with Gasteiger partial charge in [0.15, 0.2) is 5.82 Å². The number of nitrogens with one attached hydrogen (secondary N) is 1. The van der Waals surface area contributed by atoms with Crippen molar-refractivity contribution in [2.45, 2.75) is 13.3 Å². The lowest BCUT2D eigenvalue weighted by Crippen LogP contribution is -2.08. The summed E-state index contributed by atoms with van der Waals surface area (Å²) in [7, 11) is 1.65. The Kier molecular flexibility index (Phi) is 5.25. The van der Waals surface area contributed by atoms with E-state index in [1.54, 1.807) is 7.11 Å². The average Bonchev–Trinajstić information content (AvgIpc) is 2.86. The van der Waals surface area contributed by atoms with Gasteiger partial charge in [0.1, 0.15) is 23.4 Å². The van der Waals surface area contributed by atoms with Gasteiger partial charge in [-0.1, -0.05) is 25.1 Å². The molecule has 0 fully saturated rings. The molecule has 5 aromatic rings. The lowest BCUT2D eigenvalue weighted by molar-refractivity contribution is 0.415. The molecule has 158 valence electrons. The van der Waals surface area contributed by atoms with Crippen molar-refractivity contribution in [3.63, 3.8) is 0 Å². The number of hydrogen-bond donors (Lipinski definition) is 1. The minimum Gasteiger partial charge on any atom is -0.497 e. The van der Waals surface area contributed by atoms with Crippen molar-refractivity contribution in [2.75, 3.05) is 12.5 Å². The van der Waals surface area contributed by atoms with Crippen LogP contribution in [-0.2, 0) is 6.42 Å². The molecular formula is C26H22N4O2. The lowest BCUT2D eigenvalue weighted by Gasteiger charge is -2.08. The predicted molar refractivity (Wildman–Crippen MR) is 126 cm³/mol. The third kappa shape index (κ3) is 3.78. The average molecular weight is 422 g/mol. The van der Waals surface area contributed by atoms with E-state index in [4.69, 9.17) is 14.3 Å². The molecule has 0 aliphatic heterocycles. The van der Waals surface area contributed by atoms with Crippen molar-refractivity contribution in [3.05, 3.63) is 90.0 Å². The molecular weight excluding hydrogens is 400 g/mol. The summed E-state index contributed by atoms with van der Waals surface area (Å²) in [5.74, 6) is 2.17. The number of aromatic nitrogens is 2. The molecule has 32 heavy (non-hydrogen) atoms. The number of benzene rings is 3. The SMILES string of the molecule is CCc1ccc2oc(-c3ccc(OC)cc3)c/c(=N\Nc3ncnc4ccccc34)c2c1. The molecule has 0 bridgehead atoms. The molecule has 1 N–H and O–H groups in total. The zero-order valence-corrected chi connectivity index (χ0v) is 17.9. The minimum absolute atomic E-state index is 0.655. The Balaban J connectivity index is 1.66. The van der Waals surface area contributed by atoms with Crippen LogP contribution in [0, 0.1) is 0 Å². The topological polar surface area (TPSA) is 72.5 Å². The van der Waals surface area contributed by atoms with E-state index in [2.05, 4.69) is 34.5 Å². The fourth-order valence-corrected chi connectivity index (χ4v) is 3.63. The minimum atomic E-state index is 0.655. The first kappa shape index (κ1) is 19.8. The molecule has 0 unspecified atom stereocenters. The van der Waals surface area contributed by atoms with Gasteiger partial charge in [-0.3, -0.25) is 5.43 Å². The predicted octanol–water partition coefficient (Wildman–Crippen LogP) is 5.54. The van der Waals surface area contributed by atoms with Crippen molar-refractivity contribution >= 4 is 27.7 Å². The number of rotatable bonds is 5. The zero-order chi connectivity index (χ0) is 21.9. The van der Waals surface area contributed by atoms with Crippen molar-refractivity contribution in [2.24, 2.45) is 5.10 Å². The normalized spacial score (nSPS) is 11.8. The Labute approximate surface area is 185 Å². The van der Waals surface area contributed by atoms with E-state index in [0.29, 0.717) is 5.82 Å². The standard InChI is InChI=1S/C26H22N4O2/c1-3-17-8-13-24-21(14-17)23(15-25(32-24)18-9-11-19(31-2)12-10-18)29-30-26-20-6-4-5-7-22(20)27-16-28-26/h4-16H,3H2,1-2H3,(H,27,28,30)/b29-23+. The van der Waals surface area contributed by atoms with Gasteiger partial charge in [-0.2, -0.15) is 5.10 Å². The highest BCUT2D eigenvalue weighted by atomic mass is 16.5. The number of nitrogens with zero attached hydrogens (tertiary/aromatic N) is 3. The summed E-state index contributed by atoms with van der Waals surface area (Å²) in [5.41, 5.74) is 6.93. The third-order valence-electron chi connectivity index (χ3n) is 5.42. The van der Waals surface area contributed by atoms with Gasteiger partial charge < -0.3 is 9.15 Å². The van der Waals surface area contributed by atoms with Crippen LogP contribution in [0.5, 0.6) is 5.75 Å². The molecule has 0 spiro atoms. The lowest BCUT2D eigenvalue weighted by atomic mass is 10.1. The Morgan fingerprint density at radius 1 is 0.938 bits per heavy atom. The summed E-state index contributed by atoms with van der Waals surface area (Å²) in [5, 5.41) is 7.35. The zero-order valence-electron chi connectivity index (χ0n) is 17.9. The third-order valence-corrected chi connectivity index (χ3v) is 5.42. The first-order valence-corrected chi connectivity index (χ1v) is 10.5. The Hall–Kier alpha value is -4.19.